The van der Waals surface area contributed by atoms with Crippen LogP contribution in [0.3, 0.4) is 0 Å². The molecule has 4 aromatic rings. The van der Waals surface area contributed by atoms with Crippen molar-refractivity contribution in [2.45, 2.75) is 39.0 Å². The Bertz CT molecular complexity index is 1360. The second kappa shape index (κ2) is 11.9. The molecule has 0 bridgehead atoms. The van der Waals surface area contributed by atoms with E-state index in [1.165, 1.54) is 5.52 Å². The van der Waals surface area contributed by atoms with E-state index in [1.54, 1.807) is 13.3 Å². The first-order chi connectivity index (χ1) is 17.6. The average Bonchev–Trinajstić information content (AvgIpc) is 3.37. The molecule has 0 saturated carbocycles. The summed E-state index contributed by atoms with van der Waals surface area (Å²) in [7, 11) is 1.69. The quantitative estimate of drug-likeness (QED) is 0.348. The molecule has 1 aromatic carbocycles. The van der Waals surface area contributed by atoms with E-state index < -0.39 is 12.1 Å². The Morgan fingerprint density at radius 2 is 1.78 bits per heavy atom. The first-order valence-electron chi connectivity index (χ1n) is 11.7. The summed E-state index contributed by atoms with van der Waals surface area (Å²) in [5.74, 6) is -2.83. The van der Waals surface area contributed by atoms with Gasteiger partial charge in [0, 0.05) is 49.9 Å². The molecule has 4 rings (SSSR count). The lowest BCUT2D eigenvalue weighted by molar-refractivity contribution is -0.192. The Balaban J connectivity index is 0.000000479. The predicted molar refractivity (Wildman–Crippen MR) is 134 cm³/mol. The third-order valence-corrected chi connectivity index (χ3v) is 5.66. The minimum Gasteiger partial charge on any atom is -0.475 e. The number of aliphatic carboxylic acids is 1. The van der Waals surface area contributed by atoms with Crippen molar-refractivity contribution in [2.75, 3.05) is 20.3 Å². The van der Waals surface area contributed by atoms with E-state index in [4.69, 9.17) is 14.6 Å². The van der Waals surface area contributed by atoms with Crippen LogP contribution in [0.15, 0.2) is 54.7 Å². The molecule has 8 nitrogen and oxygen atoms in total. The lowest BCUT2D eigenvalue weighted by Gasteiger charge is -2.11. The van der Waals surface area contributed by atoms with Gasteiger partial charge in [-0.15, -0.1) is 0 Å². The van der Waals surface area contributed by atoms with Gasteiger partial charge in [-0.25, -0.2) is 4.79 Å². The highest BCUT2D eigenvalue weighted by atomic mass is 19.4. The van der Waals surface area contributed by atoms with Crippen LogP contribution >= 0.6 is 0 Å². The van der Waals surface area contributed by atoms with Crippen LogP contribution in [-0.4, -0.2) is 57.5 Å². The predicted octanol–water partition coefficient (Wildman–Crippen LogP) is 4.82. The van der Waals surface area contributed by atoms with E-state index in [-0.39, 0.29) is 11.9 Å². The van der Waals surface area contributed by atoms with Crippen LogP contribution in [0.25, 0.3) is 21.9 Å². The van der Waals surface area contributed by atoms with Gasteiger partial charge in [-0.3, -0.25) is 9.78 Å². The summed E-state index contributed by atoms with van der Waals surface area (Å²) in [6.45, 7) is 6.05. The van der Waals surface area contributed by atoms with E-state index >= 15 is 0 Å². The highest BCUT2D eigenvalue weighted by Crippen LogP contribution is 2.34. The number of aromatic nitrogens is 3. The zero-order valence-electron chi connectivity index (χ0n) is 20.7. The van der Waals surface area contributed by atoms with Gasteiger partial charge in [-0.1, -0.05) is 24.3 Å². The summed E-state index contributed by atoms with van der Waals surface area (Å²) in [5, 5.41) is 11.3. The first kappa shape index (κ1) is 27.7. The van der Waals surface area contributed by atoms with E-state index in [2.05, 4.69) is 51.5 Å². The number of hydrogen-bond donors (Lipinski definition) is 2. The number of methoxy groups -OCH3 is 1. The fourth-order valence-corrected chi connectivity index (χ4v) is 4.12. The highest BCUT2D eigenvalue weighted by molar-refractivity contribution is 6.10. The van der Waals surface area contributed by atoms with Gasteiger partial charge in [0.1, 0.15) is 5.69 Å². The van der Waals surface area contributed by atoms with Crippen LogP contribution in [0.2, 0.25) is 0 Å². The second-order valence-corrected chi connectivity index (χ2v) is 8.52. The number of halogens is 3. The minimum atomic E-state index is -5.08. The monoisotopic (exact) mass is 518 g/mol. The topological polar surface area (TPSA) is 98.4 Å². The van der Waals surface area contributed by atoms with E-state index in [9.17, 15) is 18.0 Å². The van der Waals surface area contributed by atoms with Crippen LogP contribution in [0, 0.1) is 0 Å². The van der Waals surface area contributed by atoms with Crippen molar-refractivity contribution in [2.24, 2.45) is 0 Å². The van der Waals surface area contributed by atoms with Gasteiger partial charge in [0.15, 0.2) is 0 Å². The summed E-state index contributed by atoms with van der Waals surface area (Å²) >= 11 is 0. The number of fused-ring (bicyclic) bond motifs is 3. The summed E-state index contributed by atoms with van der Waals surface area (Å²) in [4.78, 5) is 26.3. The molecule has 11 heteroatoms. The van der Waals surface area contributed by atoms with Crippen LogP contribution in [0.1, 0.15) is 36.1 Å². The van der Waals surface area contributed by atoms with Crippen molar-refractivity contribution in [1.82, 2.24) is 19.4 Å². The molecule has 1 amide bonds. The number of nitrogens with zero attached hydrogens (tertiary/aromatic N) is 3. The number of ether oxygens (including phenoxy) is 1. The average molecular weight is 519 g/mol. The number of carboxylic acid groups (broad SMARTS) is 1. The van der Waals surface area contributed by atoms with Crippen molar-refractivity contribution in [3.63, 3.8) is 0 Å². The molecule has 0 aliphatic carbocycles. The summed E-state index contributed by atoms with van der Waals surface area (Å²) in [6, 6.07) is 16.5. The fourth-order valence-electron chi connectivity index (χ4n) is 4.12. The Kier molecular flexibility index (Phi) is 8.93. The molecule has 0 aliphatic rings. The maximum atomic E-state index is 13.1. The maximum Gasteiger partial charge on any atom is 0.490 e. The molecule has 0 radical (unpaired) electrons. The standard InChI is InChI=1S/C24H28N4O2.C2HF3O2/c1-17(2)28-20-10-5-4-9-19(20)23-21(28)16-22(27(23)14-15-30-3)24(29)26-13-11-18-8-6-7-12-25-18;3-2(4,5)1(6)7/h4-10,12,16-17H,11,13-15H2,1-3H3,(H,26,29);(H,6,7). The molecular weight excluding hydrogens is 489 g/mol. The van der Waals surface area contributed by atoms with Gasteiger partial charge in [0.2, 0.25) is 0 Å². The molecule has 3 aromatic heterocycles. The molecule has 0 spiro atoms. The van der Waals surface area contributed by atoms with Crippen molar-refractivity contribution in [3.05, 3.63) is 66.1 Å². The number of carbonyl (C=O) groups excluding carboxylic acids is 1. The number of carboxylic acids is 1. The lowest BCUT2D eigenvalue weighted by atomic mass is 10.2. The van der Waals surface area contributed by atoms with Crippen LogP contribution in [0.4, 0.5) is 13.2 Å². The number of benzene rings is 1. The summed E-state index contributed by atoms with van der Waals surface area (Å²) < 4.78 is 41.5. The zero-order valence-corrected chi connectivity index (χ0v) is 20.7. The molecule has 2 N–H and O–H groups in total. The molecule has 0 unspecified atom stereocenters. The zero-order chi connectivity index (χ0) is 27.2. The Hall–Kier alpha value is -3.86. The Labute approximate surface area is 211 Å². The molecule has 198 valence electrons. The number of para-hydroxylation sites is 1. The number of alkyl halides is 3. The summed E-state index contributed by atoms with van der Waals surface area (Å²) in [6.07, 6.45) is -2.61. The molecule has 0 atom stereocenters. The molecule has 0 saturated heterocycles. The molecule has 0 aliphatic heterocycles. The largest absolute Gasteiger partial charge is 0.490 e. The van der Waals surface area contributed by atoms with Crippen molar-refractivity contribution < 1.29 is 32.6 Å². The third kappa shape index (κ3) is 6.48. The maximum absolute atomic E-state index is 13.1. The lowest BCUT2D eigenvalue weighted by Crippen LogP contribution is -2.28. The smallest absolute Gasteiger partial charge is 0.475 e. The summed E-state index contributed by atoms with van der Waals surface area (Å²) in [5.41, 5.74) is 4.99. The van der Waals surface area contributed by atoms with Crippen LogP contribution in [0.5, 0.6) is 0 Å². The van der Waals surface area contributed by atoms with Gasteiger partial charge >= 0.3 is 12.1 Å². The van der Waals surface area contributed by atoms with E-state index in [0.717, 1.165) is 22.1 Å². The van der Waals surface area contributed by atoms with E-state index in [0.29, 0.717) is 31.8 Å². The second-order valence-electron chi connectivity index (χ2n) is 8.52. The number of rotatable bonds is 8. The third-order valence-electron chi connectivity index (χ3n) is 5.66. The minimum absolute atomic E-state index is 0.0716. The van der Waals surface area contributed by atoms with Gasteiger partial charge in [0.05, 0.1) is 23.2 Å². The number of carbonyl (C=O) groups is 2. The number of amides is 1. The van der Waals surface area contributed by atoms with Crippen molar-refractivity contribution >= 4 is 33.8 Å². The first-order valence-corrected chi connectivity index (χ1v) is 11.7. The molecule has 37 heavy (non-hydrogen) atoms. The van der Waals surface area contributed by atoms with E-state index in [1.807, 2.05) is 30.3 Å². The number of hydrogen-bond acceptors (Lipinski definition) is 4. The SMILES string of the molecule is COCCn1c(C(=O)NCCc2ccccn2)cc2c1c1ccccc1n2C(C)C.O=C(O)C(F)(F)F. The van der Waals surface area contributed by atoms with Gasteiger partial charge in [0.25, 0.3) is 5.91 Å². The van der Waals surface area contributed by atoms with Gasteiger partial charge in [-0.05, 0) is 38.1 Å². The van der Waals surface area contributed by atoms with Crippen LogP contribution in [-0.2, 0) is 22.5 Å². The van der Waals surface area contributed by atoms with Gasteiger partial charge in [-0.2, -0.15) is 13.2 Å². The fraction of sp³-hybridized carbons (Fsp3) is 0.346. The molecule has 3 heterocycles. The molecular formula is C26H29F3N4O4. The van der Waals surface area contributed by atoms with Crippen molar-refractivity contribution in [1.29, 1.82) is 0 Å². The number of pyridine rings is 1. The highest BCUT2D eigenvalue weighted by Gasteiger charge is 2.38. The number of nitrogens with one attached hydrogen (secondary N) is 1. The normalized spacial score (nSPS) is 11.5. The Morgan fingerprint density at radius 1 is 1.11 bits per heavy atom. The van der Waals surface area contributed by atoms with Crippen molar-refractivity contribution in [3.8, 4) is 0 Å². The Morgan fingerprint density at radius 3 is 2.38 bits per heavy atom. The molecule has 0 fully saturated rings. The van der Waals surface area contributed by atoms with Gasteiger partial charge < -0.3 is 24.3 Å². The van der Waals surface area contributed by atoms with Crippen LogP contribution < -0.4 is 5.32 Å².